The number of rotatable bonds is 7. The quantitative estimate of drug-likeness (QED) is 0.790. The van der Waals surface area contributed by atoms with E-state index in [1.807, 2.05) is 26.0 Å². The lowest BCUT2D eigenvalue weighted by atomic mass is 10.4. The Morgan fingerprint density at radius 3 is 2.81 bits per heavy atom. The van der Waals surface area contributed by atoms with E-state index < -0.39 is 0 Å². The molecule has 21 heavy (non-hydrogen) atoms. The fourth-order valence-corrected chi connectivity index (χ4v) is 2.59. The van der Waals surface area contributed by atoms with Gasteiger partial charge in [-0.15, -0.1) is 0 Å². The van der Waals surface area contributed by atoms with E-state index in [0.717, 1.165) is 22.3 Å². The van der Waals surface area contributed by atoms with E-state index in [4.69, 9.17) is 4.74 Å². The number of nitrogens with zero attached hydrogens (tertiary/aromatic N) is 2. The van der Waals surface area contributed by atoms with Gasteiger partial charge in [0, 0.05) is 24.1 Å². The third kappa shape index (κ3) is 4.99. The summed E-state index contributed by atoms with van der Waals surface area (Å²) in [5.74, 6) is 1.12. The van der Waals surface area contributed by atoms with Crippen LogP contribution in [0.15, 0.2) is 40.3 Å². The Labute approximate surface area is 128 Å². The molecule has 0 saturated carbocycles. The molecular formula is C15H18FN3OS. The van der Waals surface area contributed by atoms with Crippen molar-refractivity contribution in [2.24, 2.45) is 0 Å². The number of nitrogens with one attached hydrogen (secondary N) is 1. The number of anilines is 1. The van der Waals surface area contributed by atoms with E-state index in [9.17, 15) is 4.39 Å². The summed E-state index contributed by atoms with van der Waals surface area (Å²) >= 11 is 1.40. The normalized spacial score (nSPS) is 10.6. The Kier molecular flexibility index (Phi) is 5.95. The van der Waals surface area contributed by atoms with Gasteiger partial charge in [0.1, 0.15) is 23.3 Å². The zero-order chi connectivity index (χ0) is 15.1. The van der Waals surface area contributed by atoms with Crippen LogP contribution in [0.2, 0.25) is 0 Å². The first-order valence-corrected chi connectivity index (χ1v) is 7.66. The zero-order valence-corrected chi connectivity index (χ0v) is 12.9. The van der Waals surface area contributed by atoms with E-state index in [1.54, 1.807) is 6.07 Å². The molecule has 2 rings (SSSR count). The summed E-state index contributed by atoms with van der Waals surface area (Å²) in [6.07, 6.45) is 0. The van der Waals surface area contributed by atoms with E-state index in [0.29, 0.717) is 19.0 Å². The number of hydrogen-bond acceptors (Lipinski definition) is 5. The number of halogens is 1. The smallest absolute Gasteiger partial charge is 0.157 e. The lowest BCUT2D eigenvalue weighted by Gasteiger charge is -2.09. The minimum atomic E-state index is -0.254. The second-order valence-electron chi connectivity index (χ2n) is 4.23. The maximum atomic E-state index is 13.2. The van der Waals surface area contributed by atoms with E-state index in [2.05, 4.69) is 15.3 Å². The lowest BCUT2D eigenvalue weighted by Crippen LogP contribution is -2.05. The summed E-state index contributed by atoms with van der Waals surface area (Å²) in [7, 11) is 0. The summed E-state index contributed by atoms with van der Waals surface area (Å²) in [5, 5.41) is 3.93. The van der Waals surface area contributed by atoms with Crippen molar-refractivity contribution in [3.63, 3.8) is 0 Å². The third-order valence-electron chi connectivity index (χ3n) is 2.56. The van der Waals surface area contributed by atoms with Gasteiger partial charge in [0.15, 0.2) is 5.82 Å². The van der Waals surface area contributed by atoms with Crippen LogP contribution in [0.1, 0.15) is 19.7 Å². The molecule has 0 radical (unpaired) electrons. The Bertz CT molecular complexity index is 595. The van der Waals surface area contributed by atoms with Crippen molar-refractivity contribution in [3.05, 3.63) is 42.0 Å². The first kappa shape index (κ1) is 15.7. The topological polar surface area (TPSA) is 47.0 Å². The van der Waals surface area contributed by atoms with Crippen LogP contribution in [0.25, 0.3) is 0 Å². The number of ether oxygens (including phenoxy) is 1. The molecule has 1 aromatic heterocycles. The van der Waals surface area contributed by atoms with E-state index in [-0.39, 0.29) is 5.82 Å². The summed E-state index contributed by atoms with van der Waals surface area (Å²) in [6.45, 7) is 5.68. The standard InChI is InChI=1S/C15H18FN3OS/c1-3-17-13-9-15(19-14(18-13)10-20-4-2)21-12-7-5-6-11(16)8-12/h5-9H,3-4,10H2,1-2H3,(H,17,18,19). The summed E-state index contributed by atoms with van der Waals surface area (Å²) in [5.41, 5.74) is 0. The van der Waals surface area contributed by atoms with Gasteiger partial charge in [-0.25, -0.2) is 14.4 Å². The minimum absolute atomic E-state index is 0.254. The number of aromatic nitrogens is 2. The van der Waals surface area contributed by atoms with Crippen LogP contribution in [-0.4, -0.2) is 23.1 Å². The van der Waals surface area contributed by atoms with Crippen LogP contribution in [0.3, 0.4) is 0 Å². The zero-order valence-electron chi connectivity index (χ0n) is 12.1. The molecule has 0 saturated heterocycles. The van der Waals surface area contributed by atoms with Gasteiger partial charge >= 0.3 is 0 Å². The molecule has 112 valence electrons. The van der Waals surface area contributed by atoms with Gasteiger partial charge in [0.25, 0.3) is 0 Å². The summed E-state index contributed by atoms with van der Waals surface area (Å²) in [4.78, 5) is 9.63. The highest BCUT2D eigenvalue weighted by atomic mass is 32.2. The molecule has 0 aliphatic heterocycles. The highest BCUT2D eigenvalue weighted by molar-refractivity contribution is 7.99. The molecular weight excluding hydrogens is 289 g/mol. The van der Waals surface area contributed by atoms with Gasteiger partial charge in [0.05, 0.1) is 0 Å². The summed E-state index contributed by atoms with van der Waals surface area (Å²) < 4.78 is 18.6. The Morgan fingerprint density at radius 1 is 1.24 bits per heavy atom. The Balaban J connectivity index is 2.22. The van der Waals surface area contributed by atoms with Crippen molar-refractivity contribution < 1.29 is 9.13 Å². The Morgan fingerprint density at radius 2 is 2.10 bits per heavy atom. The van der Waals surface area contributed by atoms with E-state index in [1.165, 1.54) is 23.9 Å². The molecule has 0 fully saturated rings. The lowest BCUT2D eigenvalue weighted by molar-refractivity contribution is 0.128. The molecule has 0 bridgehead atoms. The highest BCUT2D eigenvalue weighted by Crippen LogP contribution is 2.28. The van der Waals surface area contributed by atoms with Crippen LogP contribution in [-0.2, 0) is 11.3 Å². The van der Waals surface area contributed by atoms with Crippen molar-refractivity contribution >= 4 is 17.6 Å². The molecule has 2 aromatic rings. The van der Waals surface area contributed by atoms with Crippen LogP contribution in [0, 0.1) is 5.82 Å². The number of benzene rings is 1. The predicted octanol–water partition coefficient (Wildman–Crippen LogP) is 3.74. The molecule has 0 spiro atoms. The van der Waals surface area contributed by atoms with Gasteiger partial charge < -0.3 is 10.1 Å². The predicted molar refractivity (Wildman–Crippen MR) is 82.0 cm³/mol. The number of hydrogen-bond donors (Lipinski definition) is 1. The van der Waals surface area contributed by atoms with Crippen LogP contribution >= 0.6 is 11.8 Å². The van der Waals surface area contributed by atoms with Gasteiger partial charge in [-0.3, -0.25) is 0 Å². The largest absolute Gasteiger partial charge is 0.374 e. The molecule has 6 heteroatoms. The van der Waals surface area contributed by atoms with Crippen molar-refractivity contribution in [1.29, 1.82) is 0 Å². The molecule has 0 aliphatic rings. The molecule has 0 atom stereocenters. The molecule has 0 unspecified atom stereocenters. The fourth-order valence-electron chi connectivity index (χ4n) is 1.71. The first-order valence-electron chi connectivity index (χ1n) is 6.84. The Hall–Kier alpha value is -1.66. The van der Waals surface area contributed by atoms with Crippen molar-refractivity contribution in [3.8, 4) is 0 Å². The molecule has 1 N–H and O–H groups in total. The van der Waals surface area contributed by atoms with E-state index >= 15 is 0 Å². The second-order valence-corrected chi connectivity index (χ2v) is 5.33. The minimum Gasteiger partial charge on any atom is -0.374 e. The monoisotopic (exact) mass is 307 g/mol. The molecule has 0 aliphatic carbocycles. The average molecular weight is 307 g/mol. The van der Waals surface area contributed by atoms with Gasteiger partial charge in [-0.1, -0.05) is 17.8 Å². The van der Waals surface area contributed by atoms with Crippen LogP contribution in [0.4, 0.5) is 10.2 Å². The van der Waals surface area contributed by atoms with Crippen LogP contribution in [0.5, 0.6) is 0 Å². The fraction of sp³-hybridized carbons (Fsp3) is 0.333. The SMILES string of the molecule is CCNc1cc(Sc2cccc(F)c2)nc(COCC)n1. The second kappa shape index (κ2) is 7.95. The molecule has 1 heterocycles. The van der Waals surface area contributed by atoms with Gasteiger partial charge in [0.2, 0.25) is 0 Å². The van der Waals surface area contributed by atoms with Gasteiger partial charge in [-0.05, 0) is 32.0 Å². The highest BCUT2D eigenvalue weighted by Gasteiger charge is 2.07. The van der Waals surface area contributed by atoms with Crippen molar-refractivity contribution in [1.82, 2.24) is 9.97 Å². The first-order chi connectivity index (χ1) is 10.2. The van der Waals surface area contributed by atoms with Crippen LogP contribution < -0.4 is 5.32 Å². The molecule has 4 nitrogen and oxygen atoms in total. The summed E-state index contributed by atoms with van der Waals surface area (Å²) in [6, 6.07) is 8.31. The maximum absolute atomic E-state index is 13.2. The molecule has 1 aromatic carbocycles. The average Bonchev–Trinajstić information content (AvgIpc) is 2.45. The third-order valence-corrected chi connectivity index (χ3v) is 3.47. The van der Waals surface area contributed by atoms with Gasteiger partial charge in [-0.2, -0.15) is 0 Å². The van der Waals surface area contributed by atoms with Crippen molar-refractivity contribution in [2.45, 2.75) is 30.4 Å². The van der Waals surface area contributed by atoms with Crippen molar-refractivity contribution in [2.75, 3.05) is 18.5 Å². The maximum Gasteiger partial charge on any atom is 0.157 e. The molecule has 0 amide bonds.